The predicted octanol–water partition coefficient (Wildman–Crippen LogP) is 1.43. The number of allylic oxidation sites excluding steroid dienone is 4. The summed E-state index contributed by atoms with van der Waals surface area (Å²) in [4.78, 5) is 43.8. The maximum Gasteiger partial charge on any atom is 0.414 e. The number of alkyl halides is 3. The second-order valence-electron chi connectivity index (χ2n) is 8.96. The lowest BCUT2D eigenvalue weighted by atomic mass is 10.0. The first-order valence-corrected chi connectivity index (χ1v) is 12.0. The van der Waals surface area contributed by atoms with E-state index in [1.54, 1.807) is 0 Å². The molecule has 3 saturated heterocycles. The third-order valence-electron chi connectivity index (χ3n) is 6.44. The van der Waals surface area contributed by atoms with Crippen molar-refractivity contribution >= 4 is 18.0 Å². The van der Waals surface area contributed by atoms with Gasteiger partial charge in [-0.05, 0) is 18.9 Å². The van der Waals surface area contributed by atoms with E-state index in [1.807, 2.05) is 5.32 Å². The molecule has 0 aromatic heterocycles. The van der Waals surface area contributed by atoms with Crippen molar-refractivity contribution in [2.24, 2.45) is 0 Å². The molecule has 3 aliphatic heterocycles. The van der Waals surface area contributed by atoms with E-state index in [-0.39, 0.29) is 63.2 Å². The molecule has 37 heavy (non-hydrogen) atoms. The molecule has 2 N–H and O–H groups in total. The van der Waals surface area contributed by atoms with Gasteiger partial charge in [0.25, 0.3) is 5.91 Å². The number of carbonyl (C=O) groups excluding carboxylic acids is 3. The molecule has 4 aliphatic rings. The zero-order chi connectivity index (χ0) is 26.5. The zero-order valence-corrected chi connectivity index (χ0v) is 20.0. The summed E-state index contributed by atoms with van der Waals surface area (Å²) in [6.07, 6.45) is -4.73. The van der Waals surface area contributed by atoms with Crippen LogP contribution in [0.1, 0.15) is 19.3 Å². The van der Waals surface area contributed by atoms with Crippen LogP contribution in [0, 0.1) is 0 Å². The summed E-state index contributed by atoms with van der Waals surface area (Å²) in [5, 5.41) is 5.98. The van der Waals surface area contributed by atoms with Gasteiger partial charge in [0.1, 0.15) is 18.1 Å². The molecular weight excluding hydrogens is 506 g/mol. The number of nitrogens with one attached hydrogen (secondary N) is 2. The standard InChI is InChI=1S/C22H29F4N5O6/c23-16-9-14(30-12-15(37-22(30)34)11-27-20(32)19(25)26)10-17(24)18(16)29-3-4-31(36-8-5-29)21(33)28-13-1-6-35-7-2-13/h9,13,15,17,19H,1-8,10-12H2,(H,27,32)(H,28,33)/t15-,17?/m0/s1. The van der Waals surface area contributed by atoms with Crippen LogP contribution in [0.5, 0.6) is 0 Å². The van der Waals surface area contributed by atoms with Gasteiger partial charge in [0.2, 0.25) is 0 Å². The molecule has 0 aromatic rings. The van der Waals surface area contributed by atoms with Crippen molar-refractivity contribution in [1.29, 1.82) is 0 Å². The van der Waals surface area contributed by atoms with Crippen LogP contribution in [0.2, 0.25) is 0 Å². The van der Waals surface area contributed by atoms with Crippen LogP contribution in [-0.2, 0) is 19.1 Å². The van der Waals surface area contributed by atoms with Crippen molar-refractivity contribution in [2.75, 3.05) is 52.5 Å². The fourth-order valence-corrected chi connectivity index (χ4v) is 4.54. The Hall–Kier alpha value is -3.07. The van der Waals surface area contributed by atoms with Gasteiger partial charge in [-0.25, -0.2) is 23.4 Å². The second-order valence-corrected chi connectivity index (χ2v) is 8.96. The minimum Gasteiger partial charge on any atom is -0.442 e. The smallest absolute Gasteiger partial charge is 0.414 e. The maximum atomic E-state index is 15.2. The third-order valence-corrected chi connectivity index (χ3v) is 6.44. The molecule has 206 valence electrons. The van der Waals surface area contributed by atoms with Crippen LogP contribution in [0.3, 0.4) is 0 Å². The third kappa shape index (κ3) is 6.63. The summed E-state index contributed by atoms with van der Waals surface area (Å²) < 4.78 is 65.3. The fraction of sp³-hybridized carbons (Fsp3) is 0.682. The number of hydroxylamine groups is 2. The van der Waals surface area contributed by atoms with Gasteiger partial charge in [-0.15, -0.1) is 0 Å². The van der Waals surface area contributed by atoms with E-state index in [0.29, 0.717) is 26.1 Å². The number of halogens is 4. The van der Waals surface area contributed by atoms with Gasteiger partial charge in [0, 0.05) is 44.5 Å². The lowest BCUT2D eigenvalue weighted by molar-refractivity contribution is -0.132. The maximum absolute atomic E-state index is 15.2. The highest BCUT2D eigenvalue weighted by Gasteiger charge is 2.39. The van der Waals surface area contributed by atoms with E-state index >= 15 is 8.78 Å². The van der Waals surface area contributed by atoms with E-state index in [9.17, 15) is 23.2 Å². The van der Waals surface area contributed by atoms with Crippen molar-refractivity contribution in [3.63, 3.8) is 0 Å². The summed E-state index contributed by atoms with van der Waals surface area (Å²) in [5.74, 6) is -2.38. The van der Waals surface area contributed by atoms with Crippen LogP contribution in [0.15, 0.2) is 23.3 Å². The van der Waals surface area contributed by atoms with E-state index in [0.717, 1.165) is 16.0 Å². The first-order valence-electron chi connectivity index (χ1n) is 12.0. The van der Waals surface area contributed by atoms with Crippen molar-refractivity contribution in [2.45, 2.75) is 44.0 Å². The number of rotatable bonds is 6. The number of hydrogen-bond donors (Lipinski definition) is 2. The molecule has 1 aliphatic carbocycles. The molecule has 4 rings (SSSR count). The molecular formula is C22H29F4N5O6. The Labute approximate surface area is 210 Å². The zero-order valence-electron chi connectivity index (χ0n) is 20.0. The Morgan fingerprint density at radius 2 is 1.89 bits per heavy atom. The van der Waals surface area contributed by atoms with E-state index < -0.39 is 42.6 Å². The molecule has 0 spiro atoms. The van der Waals surface area contributed by atoms with Gasteiger partial charge in [-0.1, -0.05) is 0 Å². The number of hydrogen-bond acceptors (Lipinski definition) is 7. The monoisotopic (exact) mass is 535 g/mol. The average molecular weight is 535 g/mol. The number of cyclic esters (lactones) is 1. The fourth-order valence-electron chi connectivity index (χ4n) is 4.54. The normalized spacial score (nSPS) is 25.7. The lowest BCUT2D eigenvalue weighted by Gasteiger charge is -2.31. The molecule has 4 amide bonds. The molecule has 3 fully saturated rings. The Morgan fingerprint density at radius 1 is 1.14 bits per heavy atom. The number of ether oxygens (including phenoxy) is 2. The highest BCUT2D eigenvalue weighted by atomic mass is 19.3. The van der Waals surface area contributed by atoms with Crippen molar-refractivity contribution in [3.8, 4) is 0 Å². The molecule has 0 saturated carbocycles. The summed E-state index contributed by atoms with van der Waals surface area (Å²) in [6, 6.07) is -0.448. The van der Waals surface area contributed by atoms with Crippen LogP contribution < -0.4 is 10.6 Å². The largest absolute Gasteiger partial charge is 0.442 e. The lowest BCUT2D eigenvalue weighted by Crippen LogP contribution is -2.47. The second kappa shape index (κ2) is 12.0. The van der Waals surface area contributed by atoms with E-state index in [2.05, 4.69) is 5.32 Å². The first kappa shape index (κ1) is 27.0. The molecule has 11 nitrogen and oxygen atoms in total. The van der Waals surface area contributed by atoms with Gasteiger partial charge in [0.05, 0.1) is 31.9 Å². The van der Waals surface area contributed by atoms with Gasteiger partial charge in [0.15, 0.2) is 0 Å². The van der Waals surface area contributed by atoms with Crippen molar-refractivity contribution in [3.05, 3.63) is 23.3 Å². The highest BCUT2D eigenvalue weighted by molar-refractivity contribution is 5.79. The quantitative estimate of drug-likeness (QED) is 0.495. The Morgan fingerprint density at radius 3 is 2.59 bits per heavy atom. The Bertz CT molecular complexity index is 945. The van der Waals surface area contributed by atoms with Gasteiger partial charge in [-0.2, -0.15) is 8.78 Å². The summed E-state index contributed by atoms with van der Waals surface area (Å²) in [5.41, 5.74) is -0.169. The Balaban J connectivity index is 1.35. The number of carbonyl (C=O) groups is 3. The SMILES string of the molecule is O=C(NC[C@H]1CN(C2=CC(F)=C(N3CCON(C(=O)NC4CCOCC4)CC3)C(F)C2)C(=O)O1)C(F)F. The van der Waals surface area contributed by atoms with Crippen LogP contribution in [-0.4, -0.2) is 110 Å². The number of amides is 4. The molecule has 0 aromatic carbocycles. The van der Waals surface area contributed by atoms with Gasteiger partial charge in [-0.3, -0.25) is 14.5 Å². The summed E-state index contributed by atoms with van der Waals surface area (Å²) in [7, 11) is 0. The molecule has 2 atom stereocenters. The summed E-state index contributed by atoms with van der Waals surface area (Å²) in [6.45, 7) is 1.00. The van der Waals surface area contributed by atoms with Crippen LogP contribution >= 0.6 is 0 Å². The van der Waals surface area contributed by atoms with Crippen LogP contribution in [0.4, 0.5) is 27.2 Å². The molecule has 0 radical (unpaired) electrons. The summed E-state index contributed by atoms with van der Waals surface area (Å²) >= 11 is 0. The number of nitrogens with zero attached hydrogens (tertiary/aromatic N) is 3. The number of urea groups is 1. The van der Waals surface area contributed by atoms with Crippen molar-refractivity contribution < 1.29 is 46.3 Å². The van der Waals surface area contributed by atoms with E-state index in [4.69, 9.17) is 14.3 Å². The Kier molecular flexibility index (Phi) is 8.74. The minimum absolute atomic E-state index is 0.0288. The molecule has 15 heteroatoms. The first-order chi connectivity index (χ1) is 17.7. The average Bonchev–Trinajstić information content (AvgIpc) is 3.07. The molecule has 3 heterocycles. The molecule has 1 unspecified atom stereocenters. The van der Waals surface area contributed by atoms with E-state index in [1.165, 1.54) is 4.90 Å². The predicted molar refractivity (Wildman–Crippen MR) is 118 cm³/mol. The molecule has 0 bridgehead atoms. The van der Waals surface area contributed by atoms with Crippen LogP contribution in [0.25, 0.3) is 0 Å². The topological polar surface area (TPSA) is 113 Å². The minimum atomic E-state index is -3.21. The van der Waals surface area contributed by atoms with Gasteiger partial charge < -0.3 is 25.0 Å². The van der Waals surface area contributed by atoms with Gasteiger partial charge >= 0.3 is 18.5 Å². The van der Waals surface area contributed by atoms with Crippen molar-refractivity contribution in [1.82, 2.24) is 25.5 Å². The highest BCUT2D eigenvalue weighted by Crippen LogP contribution is 2.33.